The van der Waals surface area contributed by atoms with E-state index in [1.54, 1.807) is 0 Å². The molecule has 17 heavy (non-hydrogen) atoms. The first-order valence-electron chi connectivity index (χ1n) is 5.72. The van der Waals surface area contributed by atoms with Gasteiger partial charge in [0.2, 0.25) is 0 Å². The maximum Gasteiger partial charge on any atom is 0.265 e. The average molecular weight is 235 g/mol. The Bertz CT molecular complexity index is 436. The van der Waals surface area contributed by atoms with E-state index in [4.69, 9.17) is 5.73 Å². The molecule has 3 rings (SSSR count). The van der Waals surface area contributed by atoms with Crippen LogP contribution in [0, 0.1) is 17.7 Å². The van der Waals surface area contributed by atoms with E-state index in [0.717, 1.165) is 13.1 Å². The number of benzene rings is 1. The van der Waals surface area contributed by atoms with Crippen molar-refractivity contribution in [2.75, 3.05) is 13.1 Å². The van der Waals surface area contributed by atoms with Crippen LogP contribution < -0.4 is 11.2 Å². The standard InChI is InChI=1S/C12H14FN3O/c13-8-3-1-7(2-4-8)12(17)15-16-5-9-10(6-16)11(9)14/h1-4,9-11H,5-6,14H2,(H,15,17). The summed E-state index contributed by atoms with van der Waals surface area (Å²) in [6, 6.07) is 5.84. The fourth-order valence-corrected chi connectivity index (χ4v) is 2.47. The summed E-state index contributed by atoms with van der Waals surface area (Å²) in [5.41, 5.74) is 9.09. The summed E-state index contributed by atoms with van der Waals surface area (Å²) >= 11 is 0. The average Bonchev–Trinajstić information content (AvgIpc) is 2.76. The molecule has 1 heterocycles. The zero-order valence-corrected chi connectivity index (χ0v) is 9.27. The van der Waals surface area contributed by atoms with Crippen LogP contribution in [0.3, 0.4) is 0 Å². The normalized spacial score (nSPS) is 31.1. The van der Waals surface area contributed by atoms with Crippen LogP contribution in [0.1, 0.15) is 10.4 Å². The van der Waals surface area contributed by atoms with E-state index in [9.17, 15) is 9.18 Å². The molecule has 1 saturated heterocycles. The van der Waals surface area contributed by atoms with Crippen molar-refractivity contribution >= 4 is 5.91 Å². The number of nitrogens with zero attached hydrogens (tertiary/aromatic N) is 1. The van der Waals surface area contributed by atoms with Gasteiger partial charge in [-0.2, -0.15) is 0 Å². The first-order chi connectivity index (χ1) is 8.15. The molecule has 5 heteroatoms. The lowest BCUT2D eigenvalue weighted by Gasteiger charge is -2.19. The quantitative estimate of drug-likeness (QED) is 0.778. The molecule has 1 saturated carbocycles. The molecule has 2 atom stereocenters. The molecule has 4 nitrogen and oxygen atoms in total. The lowest BCUT2D eigenvalue weighted by atomic mass is 10.2. The maximum absolute atomic E-state index is 12.7. The van der Waals surface area contributed by atoms with Gasteiger partial charge in [0.15, 0.2) is 0 Å². The van der Waals surface area contributed by atoms with Crippen molar-refractivity contribution in [3.63, 3.8) is 0 Å². The van der Waals surface area contributed by atoms with E-state index in [1.807, 2.05) is 5.01 Å². The summed E-state index contributed by atoms with van der Waals surface area (Å²) in [6.07, 6.45) is 0. The Morgan fingerprint density at radius 2 is 1.88 bits per heavy atom. The molecule has 1 aromatic rings. The minimum absolute atomic E-state index is 0.195. The predicted octanol–water partition coefficient (Wildman–Crippen LogP) is 0.359. The Morgan fingerprint density at radius 3 is 2.47 bits per heavy atom. The molecular formula is C12H14FN3O. The first-order valence-corrected chi connectivity index (χ1v) is 5.72. The van der Waals surface area contributed by atoms with Gasteiger partial charge in [0.25, 0.3) is 5.91 Å². The third-order valence-corrected chi connectivity index (χ3v) is 3.63. The number of hydrazine groups is 1. The van der Waals surface area contributed by atoms with Gasteiger partial charge in [-0.15, -0.1) is 0 Å². The van der Waals surface area contributed by atoms with E-state index in [-0.39, 0.29) is 11.7 Å². The second-order valence-corrected chi connectivity index (χ2v) is 4.76. The topological polar surface area (TPSA) is 58.4 Å². The molecule has 0 bridgehead atoms. The fourth-order valence-electron chi connectivity index (χ4n) is 2.47. The van der Waals surface area contributed by atoms with Gasteiger partial charge in [0, 0.05) is 24.7 Å². The summed E-state index contributed by atoms with van der Waals surface area (Å²) in [5.74, 6) is 0.529. The molecule has 2 unspecified atom stereocenters. The van der Waals surface area contributed by atoms with Crippen molar-refractivity contribution in [1.29, 1.82) is 0 Å². The van der Waals surface area contributed by atoms with Gasteiger partial charge >= 0.3 is 0 Å². The van der Waals surface area contributed by atoms with Crippen molar-refractivity contribution in [1.82, 2.24) is 10.4 Å². The molecule has 1 amide bonds. The molecule has 2 aliphatic rings. The molecule has 0 aromatic heterocycles. The minimum Gasteiger partial charge on any atom is -0.327 e. The number of nitrogens with one attached hydrogen (secondary N) is 1. The molecule has 1 aliphatic heterocycles. The zero-order valence-electron chi connectivity index (χ0n) is 9.27. The number of amides is 1. The number of halogens is 1. The number of fused-ring (bicyclic) bond motifs is 1. The summed E-state index contributed by atoms with van der Waals surface area (Å²) in [5, 5.41) is 1.89. The van der Waals surface area contributed by atoms with Gasteiger partial charge in [-0.1, -0.05) is 0 Å². The van der Waals surface area contributed by atoms with E-state index >= 15 is 0 Å². The van der Waals surface area contributed by atoms with Crippen LogP contribution in [0.2, 0.25) is 0 Å². The molecule has 90 valence electrons. The lowest BCUT2D eigenvalue weighted by Crippen LogP contribution is -2.43. The number of carbonyl (C=O) groups excluding carboxylic acids is 1. The van der Waals surface area contributed by atoms with Crippen molar-refractivity contribution in [2.45, 2.75) is 6.04 Å². The van der Waals surface area contributed by atoms with Crippen LogP contribution in [-0.2, 0) is 0 Å². The van der Waals surface area contributed by atoms with Gasteiger partial charge in [-0.25, -0.2) is 9.40 Å². The van der Waals surface area contributed by atoms with Gasteiger partial charge in [-0.3, -0.25) is 10.2 Å². The molecule has 1 aromatic carbocycles. The highest BCUT2D eigenvalue weighted by atomic mass is 19.1. The number of nitrogens with two attached hydrogens (primary N) is 1. The van der Waals surface area contributed by atoms with Gasteiger partial charge in [0.1, 0.15) is 5.82 Å². The number of carbonyl (C=O) groups is 1. The molecule has 0 spiro atoms. The SMILES string of the molecule is NC1C2CN(NC(=O)c3ccc(F)cc3)CC12. The molecule has 3 N–H and O–H groups in total. The first kappa shape index (κ1) is 10.7. The minimum atomic E-state index is -0.338. The maximum atomic E-state index is 12.7. The number of hydrogen-bond donors (Lipinski definition) is 2. The highest BCUT2D eigenvalue weighted by Crippen LogP contribution is 2.42. The summed E-state index contributed by atoms with van der Waals surface area (Å²) in [6.45, 7) is 1.64. The van der Waals surface area contributed by atoms with E-state index in [0.29, 0.717) is 23.4 Å². The monoisotopic (exact) mass is 235 g/mol. The van der Waals surface area contributed by atoms with Crippen LogP contribution in [0.25, 0.3) is 0 Å². The van der Waals surface area contributed by atoms with Crippen LogP contribution in [0.4, 0.5) is 4.39 Å². The summed E-state index contributed by atoms with van der Waals surface area (Å²) in [4.78, 5) is 11.8. The Balaban J connectivity index is 1.59. The van der Waals surface area contributed by atoms with E-state index in [1.165, 1.54) is 24.3 Å². The Kier molecular flexibility index (Phi) is 2.38. The third-order valence-electron chi connectivity index (χ3n) is 3.63. The Hall–Kier alpha value is -1.46. The lowest BCUT2D eigenvalue weighted by molar-refractivity contribution is 0.0806. The molecule has 0 radical (unpaired) electrons. The predicted molar refractivity (Wildman–Crippen MR) is 60.4 cm³/mol. The Morgan fingerprint density at radius 1 is 1.29 bits per heavy atom. The van der Waals surface area contributed by atoms with Gasteiger partial charge in [0.05, 0.1) is 0 Å². The van der Waals surface area contributed by atoms with Crippen molar-refractivity contribution in [2.24, 2.45) is 17.6 Å². The largest absolute Gasteiger partial charge is 0.327 e. The van der Waals surface area contributed by atoms with Crippen molar-refractivity contribution in [3.05, 3.63) is 35.6 Å². The highest BCUT2D eigenvalue weighted by molar-refractivity contribution is 5.93. The molecule has 2 fully saturated rings. The van der Waals surface area contributed by atoms with Crippen molar-refractivity contribution < 1.29 is 9.18 Å². The summed E-state index contributed by atoms with van der Waals surface area (Å²) < 4.78 is 12.7. The highest BCUT2D eigenvalue weighted by Gasteiger charge is 2.53. The van der Waals surface area contributed by atoms with Gasteiger partial charge < -0.3 is 5.73 Å². The number of piperidine rings is 1. The van der Waals surface area contributed by atoms with Crippen LogP contribution in [0.5, 0.6) is 0 Å². The van der Waals surface area contributed by atoms with Gasteiger partial charge in [-0.05, 0) is 36.1 Å². The fraction of sp³-hybridized carbons (Fsp3) is 0.417. The molecular weight excluding hydrogens is 221 g/mol. The van der Waals surface area contributed by atoms with Crippen LogP contribution in [-0.4, -0.2) is 30.0 Å². The second kappa shape index (κ2) is 3.78. The smallest absolute Gasteiger partial charge is 0.265 e. The number of hydrogen-bond acceptors (Lipinski definition) is 3. The Labute approximate surface area is 98.6 Å². The molecule has 1 aliphatic carbocycles. The van der Waals surface area contributed by atoms with Crippen molar-refractivity contribution in [3.8, 4) is 0 Å². The summed E-state index contributed by atoms with van der Waals surface area (Å²) in [7, 11) is 0. The number of rotatable bonds is 2. The van der Waals surface area contributed by atoms with Crippen LogP contribution in [0.15, 0.2) is 24.3 Å². The third kappa shape index (κ3) is 1.92. The van der Waals surface area contributed by atoms with Crippen LogP contribution >= 0.6 is 0 Å². The van der Waals surface area contributed by atoms with E-state index in [2.05, 4.69) is 5.43 Å². The van der Waals surface area contributed by atoms with E-state index < -0.39 is 0 Å². The second-order valence-electron chi connectivity index (χ2n) is 4.76. The zero-order chi connectivity index (χ0) is 12.0.